The van der Waals surface area contributed by atoms with Crippen molar-refractivity contribution in [3.05, 3.63) is 11.7 Å². The van der Waals surface area contributed by atoms with Gasteiger partial charge in [-0.3, -0.25) is 0 Å². The predicted molar refractivity (Wildman–Crippen MR) is 46.3 cm³/mol. The molecule has 0 unspecified atom stereocenters. The molecule has 0 fully saturated rings. The van der Waals surface area contributed by atoms with Gasteiger partial charge in [0.1, 0.15) is 6.29 Å². The van der Waals surface area contributed by atoms with Crippen LogP contribution < -0.4 is 0 Å². The second-order valence-corrected chi connectivity index (χ2v) is 3.03. The topological polar surface area (TPSA) is 59.2 Å². The molecule has 1 heterocycles. The Hall–Kier alpha value is -1.23. The van der Waals surface area contributed by atoms with Crippen LogP contribution >= 0.6 is 0 Å². The van der Waals surface area contributed by atoms with Crippen LogP contribution in [0.4, 0.5) is 0 Å². The molecule has 0 radical (unpaired) electrons. The van der Waals surface area contributed by atoms with Gasteiger partial charge in [0.05, 0.1) is 6.42 Å². The first kappa shape index (κ1) is 9.85. The highest BCUT2D eigenvalue weighted by molar-refractivity contribution is 5.52. The Morgan fingerprint density at radius 1 is 1.54 bits per heavy atom. The van der Waals surface area contributed by atoms with Gasteiger partial charge in [-0.05, 0) is 14.1 Å². The average molecular weight is 183 g/mol. The van der Waals surface area contributed by atoms with Gasteiger partial charge in [0, 0.05) is 13.0 Å². The number of nitrogens with zero attached hydrogens (tertiary/aromatic N) is 3. The second kappa shape index (κ2) is 4.71. The van der Waals surface area contributed by atoms with Crippen LogP contribution in [0.25, 0.3) is 0 Å². The lowest BCUT2D eigenvalue weighted by atomic mass is 10.4. The van der Waals surface area contributed by atoms with Crippen molar-refractivity contribution in [3.63, 3.8) is 0 Å². The zero-order valence-corrected chi connectivity index (χ0v) is 7.86. The standard InChI is InChI=1S/C8H13N3O2/c1-11(2)5-3-7-9-8(4-6-12)13-10-7/h6H,3-5H2,1-2H3. The van der Waals surface area contributed by atoms with Crippen LogP contribution in [0.2, 0.25) is 0 Å². The fourth-order valence-electron chi connectivity index (χ4n) is 0.869. The third kappa shape index (κ3) is 3.33. The van der Waals surface area contributed by atoms with E-state index in [0.29, 0.717) is 11.7 Å². The van der Waals surface area contributed by atoms with Crippen LogP contribution in [0, 0.1) is 0 Å². The molecule has 0 saturated heterocycles. The SMILES string of the molecule is CN(C)CCc1noc(CC=O)n1. The molecule has 5 nitrogen and oxygen atoms in total. The average Bonchev–Trinajstić information content (AvgIpc) is 2.50. The largest absolute Gasteiger partial charge is 0.339 e. The lowest BCUT2D eigenvalue weighted by Crippen LogP contribution is -2.15. The maximum atomic E-state index is 10.1. The summed E-state index contributed by atoms with van der Waals surface area (Å²) in [7, 11) is 3.96. The van der Waals surface area contributed by atoms with Crippen molar-refractivity contribution >= 4 is 6.29 Å². The highest BCUT2D eigenvalue weighted by Gasteiger charge is 2.05. The molecular weight excluding hydrogens is 170 g/mol. The highest BCUT2D eigenvalue weighted by Crippen LogP contribution is 1.98. The number of aromatic nitrogens is 2. The molecule has 0 aromatic carbocycles. The van der Waals surface area contributed by atoms with Crippen LogP contribution in [0.15, 0.2) is 4.52 Å². The van der Waals surface area contributed by atoms with Crippen LogP contribution in [0.1, 0.15) is 11.7 Å². The van der Waals surface area contributed by atoms with Crippen molar-refractivity contribution in [2.75, 3.05) is 20.6 Å². The number of hydrogen-bond donors (Lipinski definition) is 0. The molecule has 0 amide bonds. The van der Waals surface area contributed by atoms with Crippen LogP contribution in [0.5, 0.6) is 0 Å². The van der Waals surface area contributed by atoms with Crippen molar-refractivity contribution < 1.29 is 9.32 Å². The van der Waals surface area contributed by atoms with E-state index in [1.54, 1.807) is 0 Å². The Balaban J connectivity index is 2.44. The Bertz CT molecular complexity index is 270. The van der Waals surface area contributed by atoms with Crippen LogP contribution in [0.3, 0.4) is 0 Å². The molecule has 0 aliphatic carbocycles. The summed E-state index contributed by atoms with van der Waals surface area (Å²) in [6.45, 7) is 0.875. The Kier molecular flexibility index (Phi) is 3.57. The second-order valence-electron chi connectivity index (χ2n) is 3.03. The third-order valence-electron chi connectivity index (χ3n) is 1.55. The van der Waals surface area contributed by atoms with E-state index >= 15 is 0 Å². The van der Waals surface area contributed by atoms with Crippen molar-refractivity contribution in [2.24, 2.45) is 0 Å². The maximum absolute atomic E-state index is 10.1. The molecule has 1 aromatic rings. The highest BCUT2D eigenvalue weighted by atomic mass is 16.5. The van der Waals surface area contributed by atoms with E-state index < -0.39 is 0 Å². The molecule has 0 bridgehead atoms. The van der Waals surface area contributed by atoms with E-state index in [4.69, 9.17) is 4.52 Å². The molecule has 5 heteroatoms. The normalized spacial score (nSPS) is 10.7. The summed E-state index contributed by atoms with van der Waals surface area (Å²) >= 11 is 0. The van der Waals surface area contributed by atoms with Gasteiger partial charge in [0.25, 0.3) is 0 Å². The Morgan fingerprint density at radius 3 is 2.92 bits per heavy atom. The van der Waals surface area contributed by atoms with E-state index in [1.807, 2.05) is 19.0 Å². The molecule has 0 N–H and O–H groups in total. The van der Waals surface area contributed by atoms with E-state index in [1.165, 1.54) is 0 Å². The predicted octanol–water partition coefficient (Wildman–Crippen LogP) is -0.0849. The molecule has 0 spiro atoms. The number of carbonyl (C=O) groups excluding carboxylic acids is 1. The minimum absolute atomic E-state index is 0.203. The van der Waals surface area contributed by atoms with Crippen molar-refractivity contribution in [1.82, 2.24) is 15.0 Å². The lowest BCUT2D eigenvalue weighted by molar-refractivity contribution is -0.107. The number of rotatable bonds is 5. The fourth-order valence-corrected chi connectivity index (χ4v) is 0.869. The summed E-state index contributed by atoms with van der Waals surface area (Å²) in [5, 5.41) is 3.74. The van der Waals surface area contributed by atoms with Crippen LogP contribution in [-0.4, -0.2) is 42.0 Å². The first-order chi connectivity index (χ1) is 6.22. The summed E-state index contributed by atoms with van der Waals surface area (Å²) in [6.07, 6.45) is 1.70. The lowest BCUT2D eigenvalue weighted by Gasteiger charge is -2.05. The van der Waals surface area contributed by atoms with Crippen LogP contribution in [-0.2, 0) is 17.6 Å². The number of carbonyl (C=O) groups is 1. The quantitative estimate of drug-likeness (QED) is 0.597. The smallest absolute Gasteiger partial charge is 0.233 e. The molecule has 72 valence electrons. The first-order valence-corrected chi connectivity index (χ1v) is 4.12. The summed E-state index contributed by atoms with van der Waals surface area (Å²) in [6, 6.07) is 0. The Labute approximate surface area is 76.7 Å². The number of aldehydes is 1. The molecule has 0 aliphatic heterocycles. The zero-order chi connectivity index (χ0) is 9.68. The third-order valence-corrected chi connectivity index (χ3v) is 1.55. The van der Waals surface area contributed by atoms with Crippen molar-refractivity contribution in [2.45, 2.75) is 12.8 Å². The van der Waals surface area contributed by atoms with E-state index in [0.717, 1.165) is 19.3 Å². The number of likely N-dealkylation sites (N-methyl/N-ethyl adjacent to an activating group) is 1. The minimum atomic E-state index is 0.203. The van der Waals surface area contributed by atoms with E-state index in [2.05, 4.69) is 10.1 Å². The van der Waals surface area contributed by atoms with E-state index in [9.17, 15) is 4.79 Å². The molecule has 13 heavy (non-hydrogen) atoms. The van der Waals surface area contributed by atoms with Gasteiger partial charge in [-0.25, -0.2) is 0 Å². The molecule has 0 saturated carbocycles. The van der Waals surface area contributed by atoms with Gasteiger partial charge < -0.3 is 14.2 Å². The molecule has 1 rings (SSSR count). The molecule has 1 aromatic heterocycles. The molecular formula is C8H13N3O2. The summed E-state index contributed by atoms with van der Waals surface area (Å²) in [5.41, 5.74) is 0. The van der Waals surface area contributed by atoms with Gasteiger partial charge in [0.15, 0.2) is 5.82 Å². The fraction of sp³-hybridized carbons (Fsp3) is 0.625. The zero-order valence-electron chi connectivity index (χ0n) is 7.86. The minimum Gasteiger partial charge on any atom is -0.339 e. The summed E-state index contributed by atoms with van der Waals surface area (Å²) < 4.78 is 4.83. The first-order valence-electron chi connectivity index (χ1n) is 4.12. The molecule has 0 atom stereocenters. The van der Waals surface area contributed by atoms with Gasteiger partial charge in [-0.15, -0.1) is 0 Å². The number of hydrogen-bond acceptors (Lipinski definition) is 5. The van der Waals surface area contributed by atoms with Gasteiger partial charge in [0.2, 0.25) is 5.89 Å². The summed E-state index contributed by atoms with van der Waals surface area (Å²) in [4.78, 5) is 16.2. The van der Waals surface area contributed by atoms with Gasteiger partial charge in [-0.2, -0.15) is 4.98 Å². The monoisotopic (exact) mass is 183 g/mol. The maximum Gasteiger partial charge on any atom is 0.233 e. The van der Waals surface area contributed by atoms with Gasteiger partial charge >= 0.3 is 0 Å². The summed E-state index contributed by atoms with van der Waals surface area (Å²) in [5.74, 6) is 1.05. The van der Waals surface area contributed by atoms with Gasteiger partial charge in [-0.1, -0.05) is 5.16 Å². The van der Waals surface area contributed by atoms with Crippen molar-refractivity contribution in [3.8, 4) is 0 Å². The van der Waals surface area contributed by atoms with Crippen molar-refractivity contribution in [1.29, 1.82) is 0 Å². The Morgan fingerprint density at radius 2 is 2.31 bits per heavy atom. The molecule has 0 aliphatic rings. The van der Waals surface area contributed by atoms with E-state index in [-0.39, 0.29) is 6.42 Å².